The van der Waals surface area contributed by atoms with Crippen molar-refractivity contribution in [3.63, 3.8) is 0 Å². The van der Waals surface area contributed by atoms with Crippen molar-refractivity contribution in [2.75, 3.05) is 13.7 Å². The second-order valence-corrected chi connectivity index (χ2v) is 8.88. The summed E-state index contributed by atoms with van der Waals surface area (Å²) in [6.45, 7) is 0.527. The van der Waals surface area contributed by atoms with Crippen molar-refractivity contribution in [1.29, 1.82) is 0 Å². The molecule has 1 N–H and O–H groups in total. The van der Waals surface area contributed by atoms with Crippen LogP contribution in [0.2, 0.25) is 0 Å². The van der Waals surface area contributed by atoms with Crippen molar-refractivity contribution < 1.29 is 17.5 Å². The van der Waals surface area contributed by atoms with E-state index in [-0.39, 0.29) is 17.2 Å². The van der Waals surface area contributed by atoms with Crippen LogP contribution in [0, 0.1) is 5.82 Å². The molecular formula is C21H23FN4O3S. The van der Waals surface area contributed by atoms with E-state index in [1.165, 1.54) is 24.8 Å². The van der Waals surface area contributed by atoms with Crippen LogP contribution in [0.15, 0.2) is 47.5 Å². The molecule has 3 aromatic rings. The van der Waals surface area contributed by atoms with Gasteiger partial charge in [-0.3, -0.25) is 9.67 Å². The summed E-state index contributed by atoms with van der Waals surface area (Å²) < 4.78 is 48.2. The number of sulfonamides is 1. The van der Waals surface area contributed by atoms with Crippen LogP contribution in [0.1, 0.15) is 24.1 Å². The molecule has 0 aliphatic heterocycles. The third-order valence-electron chi connectivity index (χ3n) is 5.21. The number of hydrogen-bond acceptors (Lipinski definition) is 5. The van der Waals surface area contributed by atoms with Crippen molar-refractivity contribution in [3.05, 3.63) is 59.7 Å². The molecule has 4 rings (SSSR count). The van der Waals surface area contributed by atoms with Gasteiger partial charge < -0.3 is 4.74 Å². The zero-order chi connectivity index (χ0) is 21.1. The molecule has 1 aliphatic rings. The van der Waals surface area contributed by atoms with Crippen LogP contribution in [-0.4, -0.2) is 36.8 Å². The number of nitrogens with one attached hydrogen (secondary N) is 1. The van der Waals surface area contributed by atoms with E-state index in [0.717, 1.165) is 48.8 Å². The summed E-state index contributed by atoms with van der Waals surface area (Å²) in [5.41, 5.74) is 4.02. The van der Waals surface area contributed by atoms with E-state index >= 15 is 0 Å². The molecule has 0 bridgehead atoms. The number of hydrogen-bond donors (Lipinski definition) is 1. The minimum Gasteiger partial charge on any atom is -0.494 e. The van der Waals surface area contributed by atoms with E-state index in [1.54, 1.807) is 6.20 Å². The topological polar surface area (TPSA) is 86.1 Å². The highest BCUT2D eigenvalue weighted by atomic mass is 32.2. The minimum absolute atomic E-state index is 0.000769. The van der Waals surface area contributed by atoms with Crippen LogP contribution in [0.25, 0.3) is 11.4 Å². The Morgan fingerprint density at radius 1 is 1.20 bits per heavy atom. The lowest BCUT2D eigenvalue weighted by molar-refractivity contribution is 0.385. The Kier molecular flexibility index (Phi) is 5.83. The van der Waals surface area contributed by atoms with E-state index in [2.05, 4.69) is 9.71 Å². The lowest BCUT2D eigenvalue weighted by atomic mass is 9.95. The van der Waals surface area contributed by atoms with Crippen molar-refractivity contribution >= 4 is 10.0 Å². The highest BCUT2D eigenvalue weighted by molar-refractivity contribution is 7.89. The molecule has 0 saturated heterocycles. The van der Waals surface area contributed by atoms with Crippen LogP contribution in [-0.2, 0) is 29.4 Å². The second kappa shape index (κ2) is 8.53. The number of nitrogens with zero attached hydrogens (tertiary/aromatic N) is 3. The molecule has 0 unspecified atom stereocenters. The van der Waals surface area contributed by atoms with Gasteiger partial charge in [0.2, 0.25) is 10.0 Å². The summed E-state index contributed by atoms with van der Waals surface area (Å²) in [5, 5.41) is 4.73. The van der Waals surface area contributed by atoms with Crippen LogP contribution in [0.4, 0.5) is 4.39 Å². The van der Waals surface area contributed by atoms with E-state index in [9.17, 15) is 12.8 Å². The van der Waals surface area contributed by atoms with Gasteiger partial charge in [-0.25, -0.2) is 17.5 Å². The first-order valence-corrected chi connectivity index (χ1v) is 11.3. The summed E-state index contributed by atoms with van der Waals surface area (Å²) in [6, 6.07) is 9.30. The molecule has 0 saturated carbocycles. The summed E-state index contributed by atoms with van der Waals surface area (Å²) in [6.07, 6.45) is 5.78. The number of halogens is 1. The van der Waals surface area contributed by atoms with Gasteiger partial charge in [0.1, 0.15) is 5.69 Å². The molecule has 0 fully saturated rings. The van der Waals surface area contributed by atoms with Gasteiger partial charge in [0.05, 0.1) is 24.2 Å². The van der Waals surface area contributed by atoms with Gasteiger partial charge in [0.15, 0.2) is 11.6 Å². The molecule has 30 heavy (non-hydrogen) atoms. The molecule has 2 aromatic heterocycles. The molecule has 2 heterocycles. The summed E-state index contributed by atoms with van der Waals surface area (Å²) >= 11 is 0. The molecule has 1 aliphatic carbocycles. The maximum Gasteiger partial charge on any atom is 0.240 e. The first-order valence-electron chi connectivity index (χ1n) is 9.83. The first-order chi connectivity index (χ1) is 14.5. The molecule has 1 aromatic carbocycles. The lowest BCUT2D eigenvalue weighted by Gasteiger charge is -2.14. The second-order valence-electron chi connectivity index (χ2n) is 7.11. The number of fused-ring (bicyclic) bond motifs is 1. The van der Waals surface area contributed by atoms with E-state index in [0.29, 0.717) is 6.54 Å². The van der Waals surface area contributed by atoms with Gasteiger partial charge in [-0.1, -0.05) is 6.07 Å². The maximum absolute atomic E-state index is 13.9. The van der Waals surface area contributed by atoms with Gasteiger partial charge in [-0.15, -0.1) is 0 Å². The molecule has 0 atom stereocenters. The fourth-order valence-electron chi connectivity index (χ4n) is 3.75. The molecule has 0 amide bonds. The SMILES string of the molecule is COc1ccc(S(=O)(=O)NCCn2nc(-c3ccccn3)c3c2CCCC3)cc1F. The summed E-state index contributed by atoms with van der Waals surface area (Å²) in [7, 11) is -2.52. The fourth-order valence-corrected chi connectivity index (χ4v) is 4.78. The summed E-state index contributed by atoms with van der Waals surface area (Å²) in [5.74, 6) is -0.722. The molecule has 7 nitrogen and oxygen atoms in total. The first kappa shape index (κ1) is 20.5. The Labute approximate surface area is 175 Å². The van der Waals surface area contributed by atoms with Crippen LogP contribution in [0.3, 0.4) is 0 Å². The average Bonchev–Trinajstić information content (AvgIpc) is 3.13. The maximum atomic E-state index is 13.9. The Bertz CT molecular complexity index is 1150. The Morgan fingerprint density at radius 2 is 2.03 bits per heavy atom. The van der Waals surface area contributed by atoms with Crippen LogP contribution < -0.4 is 9.46 Å². The Hall–Kier alpha value is -2.78. The molecule has 0 spiro atoms. The standard InChI is InChI=1S/C21H23FN4O3S/c1-29-20-10-9-15(14-17(20)22)30(27,28)24-12-13-26-19-8-3-2-6-16(19)21(25-26)18-7-4-5-11-23-18/h4-5,7,9-11,14,24H,2-3,6,8,12-13H2,1H3. The Balaban J connectivity index is 1.51. The number of pyridine rings is 1. The summed E-state index contributed by atoms with van der Waals surface area (Å²) in [4.78, 5) is 4.28. The van der Waals surface area contributed by atoms with Crippen molar-refractivity contribution in [2.45, 2.75) is 37.1 Å². The predicted molar refractivity (Wildman–Crippen MR) is 110 cm³/mol. The zero-order valence-corrected chi connectivity index (χ0v) is 17.5. The third kappa shape index (κ3) is 4.08. The van der Waals surface area contributed by atoms with Crippen molar-refractivity contribution in [3.8, 4) is 17.1 Å². The monoisotopic (exact) mass is 430 g/mol. The number of ether oxygens (including phenoxy) is 1. The van der Waals surface area contributed by atoms with Gasteiger partial charge in [0, 0.05) is 24.0 Å². The number of aromatic nitrogens is 3. The largest absolute Gasteiger partial charge is 0.494 e. The van der Waals surface area contributed by atoms with Crippen LogP contribution in [0.5, 0.6) is 5.75 Å². The zero-order valence-electron chi connectivity index (χ0n) is 16.6. The molecule has 0 radical (unpaired) electrons. The molecule has 158 valence electrons. The normalized spacial score (nSPS) is 13.8. The van der Waals surface area contributed by atoms with E-state index in [4.69, 9.17) is 9.84 Å². The predicted octanol–water partition coefficient (Wildman–Crippen LogP) is 2.95. The third-order valence-corrected chi connectivity index (χ3v) is 6.67. The van der Waals surface area contributed by atoms with Gasteiger partial charge in [-0.05, 0) is 56.0 Å². The number of methoxy groups -OCH3 is 1. The smallest absolute Gasteiger partial charge is 0.240 e. The van der Waals surface area contributed by atoms with E-state index in [1.807, 2.05) is 22.9 Å². The molecular weight excluding hydrogens is 407 g/mol. The average molecular weight is 431 g/mol. The quantitative estimate of drug-likeness (QED) is 0.623. The highest BCUT2D eigenvalue weighted by Crippen LogP contribution is 2.30. The molecule has 9 heteroatoms. The van der Waals surface area contributed by atoms with Gasteiger partial charge in [-0.2, -0.15) is 5.10 Å². The van der Waals surface area contributed by atoms with Gasteiger partial charge in [0.25, 0.3) is 0 Å². The van der Waals surface area contributed by atoms with E-state index < -0.39 is 15.8 Å². The minimum atomic E-state index is -3.84. The van der Waals surface area contributed by atoms with Crippen LogP contribution >= 0.6 is 0 Å². The highest BCUT2D eigenvalue weighted by Gasteiger charge is 2.23. The van der Waals surface area contributed by atoms with Crippen molar-refractivity contribution in [2.24, 2.45) is 0 Å². The fraction of sp³-hybridized carbons (Fsp3) is 0.333. The van der Waals surface area contributed by atoms with Crippen molar-refractivity contribution in [1.82, 2.24) is 19.5 Å². The van der Waals surface area contributed by atoms with Gasteiger partial charge >= 0.3 is 0 Å². The Morgan fingerprint density at radius 3 is 2.77 bits per heavy atom. The lowest BCUT2D eigenvalue weighted by Crippen LogP contribution is -2.28. The number of rotatable bonds is 7. The number of benzene rings is 1.